The Morgan fingerprint density at radius 2 is 2.08 bits per heavy atom. The van der Waals surface area contributed by atoms with Crippen molar-refractivity contribution in [2.75, 3.05) is 37.8 Å². The van der Waals surface area contributed by atoms with Gasteiger partial charge in [-0.3, -0.25) is 9.59 Å². The van der Waals surface area contributed by atoms with Crippen LogP contribution in [-0.4, -0.2) is 50.8 Å². The van der Waals surface area contributed by atoms with Gasteiger partial charge in [0.05, 0.1) is 18.8 Å². The molecule has 1 aromatic carbocycles. The quantitative estimate of drug-likeness (QED) is 0.413. The Morgan fingerprint density at radius 3 is 2.79 bits per heavy atom. The van der Waals surface area contributed by atoms with Crippen molar-refractivity contribution in [1.82, 2.24) is 0 Å². The van der Waals surface area contributed by atoms with E-state index in [1.807, 2.05) is 18.7 Å². The molecule has 0 fully saturated rings. The van der Waals surface area contributed by atoms with Gasteiger partial charge in [-0.05, 0) is 38.5 Å². The molecule has 0 bridgehead atoms. The first kappa shape index (κ1) is 18.3. The molecule has 6 heteroatoms. The van der Waals surface area contributed by atoms with E-state index in [-0.39, 0.29) is 31.0 Å². The van der Waals surface area contributed by atoms with Crippen LogP contribution in [-0.2, 0) is 14.3 Å². The third kappa shape index (κ3) is 4.96. The van der Waals surface area contributed by atoms with E-state index in [9.17, 15) is 9.59 Å². The lowest BCUT2D eigenvalue weighted by Gasteiger charge is -2.34. The summed E-state index contributed by atoms with van der Waals surface area (Å²) in [4.78, 5) is 25.5. The van der Waals surface area contributed by atoms with Gasteiger partial charge in [0.2, 0.25) is 0 Å². The second-order valence-electron chi connectivity index (χ2n) is 5.88. The fraction of sp³-hybridized carbons (Fsp3) is 0.556. The summed E-state index contributed by atoms with van der Waals surface area (Å²) < 4.78 is 16.3. The lowest BCUT2D eigenvalue weighted by molar-refractivity contribution is -0.143. The fourth-order valence-electron chi connectivity index (χ4n) is 2.56. The van der Waals surface area contributed by atoms with E-state index in [0.29, 0.717) is 31.1 Å². The topological polar surface area (TPSA) is 65.1 Å². The number of rotatable bonds is 8. The maximum atomic E-state index is 12.1. The molecule has 1 unspecified atom stereocenters. The lowest BCUT2D eigenvalue weighted by atomic mass is 10.1. The van der Waals surface area contributed by atoms with Crippen molar-refractivity contribution >= 4 is 17.4 Å². The smallest absolute Gasteiger partial charge is 0.325 e. The van der Waals surface area contributed by atoms with Gasteiger partial charge in [-0.25, -0.2) is 0 Å². The van der Waals surface area contributed by atoms with E-state index in [1.165, 1.54) is 6.92 Å². The minimum Gasteiger partial charge on any atom is -0.487 e. The van der Waals surface area contributed by atoms with E-state index in [1.54, 1.807) is 18.2 Å². The highest BCUT2D eigenvalue weighted by molar-refractivity contribution is 5.95. The van der Waals surface area contributed by atoms with Gasteiger partial charge in [0, 0.05) is 12.2 Å². The van der Waals surface area contributed by atoms with Gasteiger partial charge in [-0.15, -0.1) is 0 Å². The molecule has 0 aliphatic carbocycles. The third-order valence-corrected chi connectivity index (χ3v) is 3.67. The molecule has 0 amide bonds. The Kier molecular flexibility index (Phi) is 6.61. The number of hydrogen-bond donors (Lipinski definition) is 0. The van der Waals surface area contributed by atoms with Gasteiger partial charge in [-0.2, -0.15) is 0 Å². The van der Waals surface area contributed by atoms with Crippen LogP contribution in [0.2, 0.25) is 0 Å². The fourth-order valence-corrected chi connectivity index (χ4v) is 2.56. The molecule has 132 valence electrons. The molecular formula is C18H25NO5. The average molecular weight is 335 g/mol. The van der Waals surface area contributed by atoms with Crippen molar-refractivity contribution < 1.29 is 23.8 Å². The van der Waals surface area contributed by atoms with Crippen LogP contribution in [0.1, 0.15) is 37.6 Å². The van der Waals surface area contributed by atoms with E-state index in [4.69, 9.17) is 14.2 Å². The number of carbonyl (C=O) groups excluding carboxylic acids is 2. The van der Waals surface area contributed by atoms with Crippen LogP contribution < -0.4 is 9.64 Å². The first-order valence-electron chi connectivity index (χ1n) is 8.31. The maximum absolute atomic E-state index is 12.1. The number of nitrogens with zero attached hydrogens (tertiary/aromatic N) is 1. The lowest BCUT2D eigenvalue weighted by Crippen LogP contribution is -2.42. The van der Waals surface area contributed by atoms with Crippen LogP contribution in [0.4, 0.5) is 5.69 Å². The number of ether oxygens (including phenoxy) is 3. The Hall–Kier alpha value is -2.08. The molecule has 0 saturated heterocycles. The zero-order chi connectivity index (χ0) is 17.5. The molecule has 1 atom stereocenters. The van der Waals surface area contributed by atoms with E-state index < -0.39 is 0 Å². The number of carbonyl (C=O) groups is 2. The summed E-state index contributed by atoms with van der Waals surface area (Å²) in [6.07, 6.45) is 0.899. The third-order valence-electron chi connectivity index (χ3n) is 3.67. The molecule has 1 aliphatic heterocycles. The van der Waals surface area contributed by atoms with Gasteiger partial charge in [0.1, 0.15) is 25.0 Å². The van der Waals surface area contributed by atoms with Gasteiger partial charge in [-0.1, -0.05) is 6.92 Å². The highest BCUT2D eigenvalue weighted by Crippen LogP contribution is 2.34. The molecule has 6 nitrogen and oxygen atoms in total. The number of Topliss-reactive ketones (excluding diaryl/α,β-unsaturated/α-hetero) is 1. The Bertz CT molecular complexity index is 587. The molecule has 2 rings (SSSR count). The minimum absolute atomic E-state index is 0.0213. The number of ketones is 1. The van der Waals surface area contributed by atoms with Crippen molar-refractivity contribution in [1.29, 1.82) is 0 Å². The number of esters is 1. The maximum Gasteiger partial charge on any atom is 0.325 e. The van der Waals surface area contributed by atoms with Gasteiger partial charge in [0.25, 0.3) is 0 Å². The van der Waals surface area contributed by atoms with Crippen molar-refractivity contribution in [3.63, 3.8) is 0 Å². The first-order chi connectivity index (χ1) is 11.5. The van der Waals surface area contributed by atoms with Crippen molar-refractivity contribution in [2.45, 2.75) is 33.3 Å². The molecule has 0 spiro atoms. The largest absolute Gasteiger partial charge is 0.487 e. The molecule has 0 saturated carbocycles. The summed E-state index contributed by atoms with van der Waals surface area (Å²) in [6, 6.07) is 5.28. The van der Waals surface area contributed by atoms with Crippen LogP contribution in [0.3, 0.4) is 0 Å². The molecule has 1 aromatic rings. The van der Waals surface area contributed by atoms with E-state index >= 15 is 0 Å². The first-order valence-corrected chi connectivity index (χ1v) is 8.31. The average Bonchev–Trinajstić information content (AvgIpc) is 2.54. The predicted octanol–water partition coefficient (Wildman–Crippen LogP) is 2.45. The van der Waals surface area contributed by atoms with E-state index in [0.717, 1.165) is 12.1 Å². The van der Waals surface area contributed by atoms with Crippen LogP contribution in [0.25, 0.3) is 0 Å². The molecule has 0 aromatic heterocycles. The monoisotopic (exact) mass is 335 g/mol. The Balaban J connectivity index is 1.99. The second kappa shape index (κ2) is 8.68. The van der Waals surface area contributed by atoms with Gasteiger partial charge < -0.3 is 19.1 Å². The van der Waals surface area contributed by atoms with Gasteiger partial charge >= 0.3 is 5.97 Å². The summed E-state index contributed by atoms with van der Waals surface area (Å²) in [5.74, 6) is 0.341. The number of benzene rings is 1. The summed E-state index contributed by atoms with van der Waals surface area (Å²) >= 11 is 0. The van der Waals surface area contributed by atoms with Crippen molar-refractivity contribution in [3.8, 4) is 5.75 Å². The summed E-state index contributed by atoms with van der Waals surface area (Å²) in [5.41, 5.74) is 1.35. The SMILES string of the molecule is CCCOCCOC(=O)CN1CC(C)Oc2ccc(C(C)=O)cc21. The highest BCUT2D eigenvalue weighted by atomic mass is 16.6. The molecule has 1 aliphatic rings. The van der Waals surface area contributed by atoms with Crippen molar-refractivity contribution in [2.24, 2.45) is 0 Å². The Morgan fingerprint density at radius 1 is 1.29 bits per heavy atom. The molecule has 0 N–H and O–H groups in total. The molecule has 24 heavy (non-hydrogen) atoms. The number of hydrogen-bond acceptors (Lipinski definition) is 6. The van der Waals surface area contributed by atoms with Gasteiger partial charge in [0.15, 0.2) is 5.78 Å². The minimum atomic E-state index is -0.316. The zero-order valence-corrected chi connectivity index (χ0v) is 14.5. The summed E-state index contributed by atoms with van der Waals surface area (Å²) in [5, 5.41) is 0. The number of fused-ring (bicyclic) bond motifs is 1. The van der Waals surface area contributed by atoms with Crippen LogP contribution in [0.5, 0.6) is 5.75 Å². The van der Waals surface area contributed by atoms with Crippen LogP contribution >= 0.6 is 0 Å². The standard InChI is InChI=1S/C18H25NO5/c1-4-7-22-8-9-23-18(21)12-19-11-13(2)24-17-6-5-15(14(3)20)10-16(17)19/h5-6,10,13H,4,7-9,11-12H2,1-3H3. The van der Waals surface area contributed by atoms with Crippen molar-refractivity contribution in [3.05, 3.63) is 23.8 Å². The Labute approximate surface area is 142 Å². The zero-order valence-electron chi connectivity index (χ0n) is 14.5. The normalized spacial score (nSPS) is 16.3. The summed E-state index contributed by atoms with van der Waals surface area (Å²) in [7, 11) is 0. The van der Waals surface area contributed by atoms with E-state index in [2.05, 4.69) is 0 Å². The molecule has 0 radical (unpaired) electrons. The van der Waals surface area contributed by atoms with Crippen LogP contribution in [0, 0.1) is 0 Å². The van der Waals surface area contributed by atoms with Crippen LogP contribution in [0.15, 0.2) is 18.2 Å². The highest BCUT2D eigenvalue weighted by Gasteiger charge is 2.25. The predicted molar refractivity (Wildman–Crippen MR) is 90.8 cm³/mol. The summed E-state index contributed by atoms with van der Waals surface area (Å²) in [6.45, 7) is 7.49. The second-order valence-corrected chi connectivity index (χ2v) is 5.88. The number of anilines is 1. The molecule has 1 heterocycles. The molecular weight excluding hydrogens is 310 g/mol.